The maximum atomic E-state index is 12.0. The Kier molecular flexibility index (Phi) is 5.13. The summed E-state index contributed by atoms with van der Waals surface area (Å²) in [5, 5.41) is 7.34. The Morgan fingerprint density at radius 2 is 2.15 bits per heavy atom. The molecule has 0 radical (unpaired) electrons. The number of fused-ring (bicyclic) bond motifs is 1. The highest BCUT2D eigenvalue weighted by Crippen LogP contribution is 2.17. The van der Waals surface area contributed by atoms with Gasteiger partial charge in [-0.1, -0.05) is 23.7 Å². The van der Waals surface area contributed by atoms with Crippen molar-refractivity contribution >= 4 is 29.3 Å². The summed E-state index contributed by atoms with van der Waals surface area (Å²) in [4.78, 5) is 32.0. The predicted octanol–water partition coefficient (Wildman–Crippen LogP) is 2.12. The van der Waals surface area contributed by atoms with Crippen molar-refractivity contribution in [2.24, 2.45) is 0 Å². The van der Waals surface area contributed by atoms with Gasteiger partial charge in [0, 0.05) is 16.9 Å². The molecule has 1 N–H and O–H groups in total. The first-order valence-corrected chi connectivity index (χ1v) is 8.22. The van der Waals surface area contributed by atoms with Gasteiger partial charge in [0.15, 0.2) is 6.61 Å². The number of halogens is 1. The molecule has 0 aliphatic rings. The molecule has 0 unspecified atom stereocenters. The number of amides is 1. The Morgan fingerprint density at radius 1 is 1.35 bits per heavy atom. The molecule has 2 aromatic heterocycles. The highest BCUT2D eigenvalue weighted by Gasteiger charge is 2.18. The van der Waals surface area contributed by atoms with E-state index in [4.69, 9.17) is 16.3 Å². The molecule has 1 amide bonds. The number of nitrogens with one attached hydrogen (secondary N) is 1. The number of aryl methyl sites for hydroxylation is 1. The number of aromatic nitrogens is 4. The minimum absolute atomic E-state index is 0.150. The van der Waals surface area contributed by atoms with Crippen molar-refractivity contribution < 1.29 is 14.3 Å². The average Bonchev–Trinajstić information content (AvgIpc) is 3.05. The zero-order chi connectivity index (χ0) is 18.7. The zero-order valence-corrected chi connectivity index (χ0v) is 14.9. The van der Waals surface area contributed by atoms with Crippen molar-refractivity contribution in [3.8, 4) is 0 Å². The lowest BCUT2D eigenvalue weighted by atomic mass is 10.1. The molecular weight excluding hydrogens is 358 g/mol. The predicted molar refractivity (Wildman–Crippen MR) is 93.8 cm³/mol. The maximum Gasteiger partial charge on any atom is 0.378 e. The summed E-state index contributed by atoms with van der Waals surface area (Å²) in [6, 6.07) is 8.61. The van der Waals surface area contributed by atoms with E-state index in [1.54, 1.807) is 30.5 Å². The Bertz CT molecular complexity index is 972. The molecule has 134 valence electrons. The van der Waals surface area contributed by atoms with Crippen LogP contribution in [-0.4, -0.2) is 38.1 Å². The second kappa shape index (κ2) is 7.49. The van der Waals surface area contributed by atoms with E-state index in [1.807, 2.05) is 19.9 Å². The fraction of sp³-hybridized carbons (Fsp3) is 0.235. The number of ether oxygens (including phenoxy) is 1. The molecule has 1 aromatic carbocycles. The monoisotopic (exact) mass is 373 g/mol. The molecule has 0 bridgehead atoms. The SMILES string of the molecule is Cc1ccnc2nc(C(=O)OCC(=O)N[C@@H](C)c3cccc(Cl)c3)nn12. The van der Waals surface area contributed by atoms with Gasteiger partial charge in [-0.2, -0.15) is 4.98 Å². The minimum atomic E-state index is -0.791. The van der Waals surface area contributed by atoms with Crippen molar-refractivity contribution in [2.75, 3.05) is 6.61 Å². The first-order chi connectivity index (χ1) is 12.4. The Labute approximate surface area is 154 Å². The van der Waals surface area contributed by atoms with Crippen molar-refractivity contribution in [1.82, 2.24) is 24.9 Å². The summed E-state index contributed by atoms with van der Waals surface area (Å²) in [5.74, 6) is -1.09. The number of hydrogen-bond donors (Lipinski definition) is 1. The van der Waals surface area contributed by atoms with Crippen molar-refractivity contribution in [3.63, 3.8) is 0 Å². The van der Waals surface area contributed by atoms with E-state index < -0.39 is 18.5 Å². The van der Waals surface area contributed by atoms with Crippen LogP contribution in [0.15, 0.2) is 36.5 Å². The fourth-order valence-corrected chi connectivity index (χ4v) is 2.53. The smallest absolute Gasteiger partial charge is 0.378 e. The molecule has 8 nitrogen and oxygen atoms in total. The molecule has 1 atom stereocenters. The third-order valence-electron chi connectivity index (χ3n) is 3.67. The van der Waals surface area contributed by atoms with Gasteiger partial charge >= 0.3 is 5.97 Å². The van der Waals surface area contributed by atoms with Gasteiger partial charge < -0.3 is 10.1 Å². The van der Waals surface area contributed by atoms with Crippen LogP contribution < -0.4 is 5.32 Å². The molecular formula is C17H16ClN5O3. The zero-order valence-electron chi connectivity index (χ0n) is 14.1. The summed E-state index contributed by atoms with van der Waals surface area (Å²) in [5.41, 5.74) is 1.62. The van der Waals surface area contributed by atoms with Crippen LogP contribution in [0.4, 0.5) is 0 Å². The average molecular weight is 374 g/mol. The minimum Gasteiger partial charge on any atom is -0.450 e. The number of rotatable bonds is 5. The van der Waals surface area contributed by atoms with E-state index in [0.29, 0.717) is 5.02 Å². The van der Waals surface area contributed by atoms with Crippen LogP contribution in [0.2, 0.25) is 5.02 Å². The lowest BCUT2D eigenvalue weighted by molar-refractivity contribution is -0.124. The quantitative estimate of drug-likeness (QED) is 0.688. The van der Waals surface area contributed by atoms with Gasteiger partial charge in [0.1, 0.15) is 0 Å². The number of nitrogens with zero attached hydrogens (tertiary/aromatic N) is 4. The van der Waals surface area contributed by atoms with Gasteiger partial charge in [0.2, 0.25) is 0 Å². The Balaban J connectivity index is 1.58. The van der Waals surface area contributed by atoms with Crippen LogP contribution in [-0.2, 0) is 9.53 Å². The molecule has 26 heavy (non-hydrogen) atoms. The third-order valence-corrected chi connectivity index (χ3v) is 3.91. The highest BCUT2D eigenvalue weighted by atomic mass is 35.5. The van der Waals surface area contributed by atoms with Crippen LogP contribution >= 0.6 is 11.6 Å². The third kappa shape index (κ3) is 3.97. The lowest BCUT2D eigenvalue weighted by Gasteiger charge is -2.14. The standard InChI is InChI=1S/C17H16ClN5O3/c1-10-6-7-19-17-21-15(22-23(10)17)16(25)26-9-14(24)20-11(2)12-4-3-5-13(18)8-12/h3-8,11H,9H2,1-2H3,(H,20,24)/t11-/m0/s1. The second-order valence-electron chi connectivity index (χ2n) is 5.65. The first-order valence-electron chi connectivity index (χ1n) is 7.84. The molecule has 9 heteroatoms. The Hall–Kier alpha value is -3.00. The van der Waals surface area contributed by atoms with Crippen molar-refractivity contribution in [2.45, 2.75) is 19.9 Å². The normalized spacial score (nSPS) is 12.0. The second-order valence-corrected chi connectivity index (χ2v) is 6.09. The van der Waals surface area contributed by atoms with Gasteiger partial charge in [-0.3, -0.25) is 4.79 Å². The number of benzene rings is 1. The molecule has 2 heterocycles. The van der Waals surface area contributed by atoms with Crippen LogP contribution in [0.25, 0.3) is 5.78 Å². The molecule has 0 aliphatic heterocycles. The summed E-state index contributed by atoms with van der Waals surface area (Å²) in [6.45, 7) is 3.18. The first kappa shape index (κ1) is 17.8. The topological polar surface area (TPSA) is 98.5 Å². The van der Waals surface area contributed by atoms with E-state index in [1.165, 1.54) is 4.52 Å². The van der Waals surface area contributed by atoms with E-state index in [9.17, 15) is 9.59 Å². The van der Waals surface area contributed by atoms with Gasteiger partial charge in [0.25, 0.3) is 17.5 Å². The highest BCUT2D eigenvalue weighted by molar-refractivity contribution is 6.30. The largest absolute Gasteiger partial charge is 0.450 e. The lowest BCUT2D eigenvalue weighted by Crippen LogP contribution is -2.31. The van der Waals surface area contributed by atoms with Gasteiger partial charge in [-0.05, 0) is 37.6 Å². The van der Waals surface area contributed by atoms with E-state index in [2.05, 4.69) is 20.4 Å². The molecule has 0 spiro atoms. The summed E-state index contributed by atoms with van der Waals surface area (Å²) in [6.07, 6.45) is 1.57. The van der Waals surface area contributed by atoms with Crippen LogP contribution in [0.1, 0.15) is 34.8 Å². The van der Waals surface area contributed by atoms with Gasteiger partial charge in [-0.25, -0.2) is 14.3 Å². The van der Waals surface area contributed by atoms with E-state index in [-0.39, 0.29) is 17.6 Å². The molecule has 0 saturated carbocycles. The van der Waals surface area contributed by atoms with Crippen LogP contribution in [0.5, 0.6) is 0 Å². The van der Waals surface area contributed by atoms with Gasteiger partial charge in [-0.15, -0.1) is 5.10 Å². The van der Waals surface area contributed by atoms with Crippen molar-refractivity contribution in [1.29, 1.82) is 0 Å². The number of carbonyl (C=O) groups is 2. The molecule has 3 aromatic rings. The summed E-state index contributed by atoms with van der Waals surface area (Å²) >= 11 is 5.94. The molecule has 0 aliphatic carbocycles. The van der Waals surface area contributed by atoms with E-state index >= 15 is 0 Å². The van der Waals surface area contributed by atoms with Crippen LogP contribution in [0, 0.1) is 6.92 Å². The number of hydrogen-bond acceptors (Lipinski definition) is 6. The molecule has 0 saturated heterocycles. The molecule has 0 fully saturated rings. The summed E-state index contributed by atoms with van der Waals surface area (Å²) < 4.78 is 6.41. The fourth-order valence-electron chi connectivity index (χ4n) is 2.33. The maximum absolute atomic E-state index is 12.0. The van der Waals surface area contributed by atoms with E-state index in [0.717, 1.165) is 11.3 Å². The molecule has 3 rings (SSSR count). The Morgan fingerprint density at radius 3 is 2.88 bits per heavy atom. The number of esters is 1. The number of carbonyl (C=O) groups excluding carboxylic acids is 2. The van der Waals surface area contributed by atoms with Crippen molar-refractivity contribution in [3.05, 3.63) is 58.6 Å². The van der Waals surface area contributed by atoms with Gasteiger partial charge in [0.05, 0.1) is 6.04 Å². The summed E-state index contributed by atoms with van der Waals surface area (Å²) in [7, 11) is 0. The van der Waals surface area contributed by atoms with Crippen LogP contribution in [0.3, 0.4) is 0 Å².